The average molecular weight is 290 g/mol. The average Bonchev–Trinajstić information content (AvgIpc) is 2.85. The van der Waals surface area contributed by atoms with Crippen molar-refractivity contribution >= 4 is 10.0 Å². The molecular weight excluding hydrogens is 268 g/mol. The highest BCUT2D eigenvalue weighted by atomic mass is 32.2. The number of aryl methyl sites for hydroxylation is 1. The number of likely N-dealkylation sites (N-methyl/N-ethyl adjacent to an activating group) is 1. The van der Waals surface area contributed by atoms with E-state index in [4.69, 9.17) is 4.74 Å². The summed E-state index contributed by atoms with van der Waals surface area (Å²) in [4.78, 5) is 0.218. The van der Waals surface area contributed by atoms with Crippen LogP contribution < -0.4 is 5.32 Å². The molecule has 19 heavy (non-hydrogen) atoms. The molecule has 7 nitrogen and oxygen atoms in total. The van der Waals surface area contributed by atoms with Crippen molar-refractivity contribution in [2.75, 3.05) is 40.9 Å². The van der Waals surface area contributed by atoms with Gasteiger partial charge in [-0.3, -0.25) is 4.68 Å². The van der Waals surface area contributed by atoms with Crippen molar-refractivity contribution in [3.63, 3.8) is 0 Å². The molecule has 0 aromatic carbocycles. The molecule has 1 aromatic rings. The van der Waals surface area contributed by atoms with Gasteiger partial charge in [-0.1, -0.05) is 0 Å². The Morgan fingerprint density at radius 3 is 2.89 bits per heavy atom. The maximum absolute atomic E-state index is 12.2. The Bertz CT molecular complexity index is 472. The van der Waals surface area contributed by atoms with Crippen molar-refractivity contribution in [3.8, 4) is 0 Å². The quantitative estimate of drug-likeness (QED) is 0.635. The Hall–Kier alpha value is -0.960. The van der Waals surface area contributed by atoms with Crippen molar-refractivity contribution in [3.05, 3.63) is 12.4 Å². The number of nitrogens with zero attached hydrogens (tertiary/aromatic N) is 3. The van der Waals surface area contributed by atoms with Crippen LogP contribution in [0, 0.1) is 0 Å². The van der Waals surface area contributed by atoms with Crippen LogP contribution in [-0.4, -0.2) is 63.4 Å². The number of hydrogen-bond donors (Lipinski definition) is 1. The van der Waals surface area contributed by atoms with Gasteiger partial charge in [-0.05, 0) is 20.0 Å². The van der Waals surface area contributed by atoms with E-state index < -0.39 is 10.0 Å². The summed E-state index contributed by atoms with van der Waals surface area (Å²) in [6.07, 6.45) is 3.85. The van der Waals surface area contributed by atoms with E-state index in [1.54, 1.807) is 18.0 Å². The predicted octanol–water partition coefficient (Wildman–Crippen LogP) is -0.240. The molecule has 1 aromatic heterocycles. The molecule has 0 fully saturated rings. The maximum atomic E-state index is 12.2. The minimum absolute atomic E-state index is 0.218. The van der Waals surface area contributed by atoms with Crippen LogP contribution in [0.4, 0.5) is 0 Å². The lowest BCUT2D eigenvalue weighted by Crippen LogP contribution is -2.29. The SMILES string of the molecule is CNCCCn1cc(S(=O)(=O)N(C)CCOC)cn1. The summed E-state index contributed by atoms with van der Waals surface area (Å²) in [6, 6.07) is 0. The second kappa shape index (κ2) is 7.59. The van der Waals surface area contributed by atoms with E-state index >= 15 is 0 Å². The van der Waals surface area contributed by atoms with E-state index in [1.165, 1.54) is 17.5 Å². The third-order valence-corrected chi connectivity index (χ3v) is 4.55. The molecule has 0 aliphatic carbocycles. The van der Waals surface area contributed by atoms with Gasteiger partial charge in [-0.25, -0.2) is 8.42 Å². The summed E-state index contributed by atoms with van der Waals surface area (Å²) in [6.45, 7) is 2.25. The number of methoxy groups -OCH3 is 1. The van der Waals surface area contributed by atoms with Gasteiger partial charge >= 0.3 is 0 Å². The molecule has 0 atom stereocenters. The van der Waals surface area contributed by atoms with Gasteiger partial charge in [0.25, 0.3) is 0 Å². The largest absolute Gasteiger partial charge is 0.383 e. The molecule has 0 aliphatic heterocycles. The second-order valence-electron chi connectivity index (χ2n) is 4.22. The van der Waals surface area contributed by atoms with E-state index in [2.05, 4.69) is 10.4 Å². The summed E-state index contributed by atoms with van der Waals surface area (Å²) in [7, 11) is 1.49. The van der Waals surface area contributed by atoms with Gasteiger partial charge in [0, 0.05) is 33.4 Å². The highest BCUT2D eigenvalue weighted by molar-refractivity contribution is 7.89. The van der Waals surface area contributed by atoms with E-state index in [0.717, 1.165) is 13.0 Å². The molecule has 1 heterocycles. The number of hydrogen-bond acceptors (Lipinski definition) is 5. The molecule has 1 N–H and O–H groups in total. The molecule has 110 valence electrons. The first-order chi connectivity index (χ1) is 9.02. The van der Waals surface area contributed by atoms with Gasteiger partial charge < -0.3 is 10.1 Å². The number of aromatic nitrogens is 2. The summed E-state index contributed by atoms with van der Waals surface area (Å²) >= 11 is 0. The molecule has 0 bridgehead atoms. The molecule has 8 heteroatoms. The molecule has 0 amide bonds. The van der Waals surface area contributed by atoms with Gasteiger partial charge in [0.15, 0.2) is 0 Å². The fourth-order valence-electron chi connectivity index (χ4n) is 1.54. The van der Waals surface area contributed by atoms with Crippen molar-refractivity contribution in [1.82, 2.24) is 19.4 Å². The lowest BCUT2D eigenvalue weighted by molar-refractivity contribution is 0.185. The molecule has 0 spiro atoms. The monoisotopic (exact) mass is 290 g/mol. The summed E-state index contributed by atoms with van der Waals surface area (Å²) in [5.74, 6) is 0. The van der Waals surface area contributed by atoms with Crippen LogP contribution >= 0.6 is 0 Å². The molecule has 0 aliphatic rings. The van der Waals surface area contributed by atoms with Crippen LogP contribution in [0.1, 0.15) is 6.42 Å². The summed E-state index contributed by atoms with van der Waals surface area (Å²) < 4.78 is 32.2. The lowest BCUT2D eigenvalue weighted by Gasteiger charge is -2.14. The zero-order valence-corrected chi connectivity index (χ0v) is 12.5. The van der Waals surface area contributed by atoms with Crippen LogP contribution in [0.2, 0.25) is 0 Å². The topological polar surface area (TPSA) is 76.5 Å². The third-order valence-electron chi connectivity index (χ3n) is 2.74. The van der Waals surface area contributed by atoms with Gasteiger partial charge in [-0.2, -0.15) is 9.40 Å². The lowest BCUT2D eigenvalue weighted by atomic mass is 10.4. The maximum Gasteiger partial charge on any atom is 0.246 e. The van der Waals surface area contributed by atoms with Gasteiger partial charge in [-0.15, -0.1) is 0 Å². The van der Waals surface area contributed by atoms with E-state index in [0.29, 0.717) is 19.7 Å². The zero-order valence-electron chi connectivity index (χ0n) is 11.7. The second-order valence-corrected chi connectivity index (χ2v) is 6.26. The van der Waals surface area contributed by atoms with E-state index in [-0.39, 0.29) is 4.90 Å². The predicted molar refractivity (Wildman–Crippen MR) is 72.5 cm³/mol. The Balaban J connectivity index is 2.68. The molecule has 0 radical (unpaired) electrons. The van der Waals surface area contributed by atoms with Crippen LogP contribution in [0.5, 0.6) is 0 Å². The van der Waals surface area contributed by atoms with Crippen molar-refractivity contribution in [2.24, 2.45) is 0 Å². The normalized spacial score (nSPS) is 12.2. The number of nitrogens with one attached hydrogen (secondary N) is 1. The zero-order chi connectivity index (χ0) is 14.3. The van der Waals surface area contributed by atoms with Gasteiger partial charge in [0.05, 0.1) is 12.8 Å². The first-order valence-corrected chi connectivity index (χ1v) is 7.58. The number of rotatable bonds is 9. The van der Waals surface area contributed by atoms with Crippen LogP contribution in [0.25, 0.3) is 0 Å². The molecule has 0 unspecified atom stereocenters. The van der Waals surface area contributed by atoms with E-state index in [9.17, 15) is 8.42 Å². The highest BCUT2D eigenvalue weighted by Gasteiger charge is 2.22. The van der Waals surface area contributed by atoms with Crippen molar-refractivity contribution in [2.45, 2.75) is 17.9 Å². The van der Waals surface area contributed by atoms with Crippen molar-refractivity contribution < 1.29 is 13.2 Å². The fraction of sp³-hybridized carbons (Fsp3) is 0.727. The van der Waals surface area contributed by atoms with Crippen molar-refractivity contribution in [1.29, 1.82) is 0 Å². The van der Waals surface area contributed by atoms with Crippen LogP contribution in [-0.2, 0) is 21.3 Å². The minimum Gasteiger partial charge on any atom is -0.383 e. The Labute approximate surface area is 114 Å². The number of sulfonamides is 1. The Morgan fingerprint density at radius 1 is 1.53 bits per heavy atom. The van der Waals surface area contributed by atoms with Crippen LogP contribution in [0.3, 0.4) is 0 Å². The molecule has 0 saturated carbocycles. The number of ether oxygens (including phenoxy) is 1. The van der Waals surface area contributed by atoms with Crippen LogP contribution in [0.15, 0.2) is 17.3 Å². The summed E-state index contributed by atoms with van der Waals surface area (Å²) in [5.41, 5.74) is 0. The minimum atomic E-state index is -3.47. The standard InChI is InChI=1S/C11H22N4O3S/c1-12-5-4-6-15-10-11(9-13-15)19(16,17)14(2)7-8-18-3/h9-10,12H,4-8H2,1-3H3. The Morgan fingerprint density at radius 2 is 2.26 bits per heavy atom. The highest BCUT2D eigenvalue weighted by Crippen LogP contribution is 2.12. The summed E-state index contributed by atoms with van der Waals surface area (Å²) in [5, 5.41) is 7.10. The molecule has 0 saturated heterocycles. The molecular formula is C11H22N4O3S. The first kappa shape index (κ1) is 16.1. The third kappa shape index (κ3) is 4.57. The first-order valence-electron chi connectivity index (χ1n) is 6.14. The van der Waals surface area contributed by atoms with Gasteiger partial charge in [0.2, 0.25) is 10.0 Å². The fourth-order valence-corrected chi connectivity index (χ4v) is 2.65. The smallest absolute Gasteiger partial charge is 0.246 e. The van der Waals surface area contributed by atoms with E-state index in [1.807, 2.05) is 7.05 Å². The molecule has 1 rings (SSSR count). The van der Waals surface area contributed by atoms with Gasteiger partial charge in [0.1, 0.15) is 4.90 Å². The Kier molecular flexibility index (Phi) is 6.43.